The van der Waals surface area contributed by atoms with Crippen LogP contribution in [0.25, 0.3) is 33.6 Å². The minimum absolute atomic E-state index is 0.0556. The number of carbonyl (C=O) groups excluding carboxylic acids is 2. The summed E-state index contributed by atoms with van der Waals surface area (Å²) < 4.78 is 70.3. The molecule has 0 aliphatic carbocycles. The van der Waals surface area contributed by atoms with E-state index in [0.29, 0.717) is 28.2 Å². The SMILES string of the molecule is CNC(=O)c1c(-c2ccc(F)cc2)oc2nc(CCC(F)(F)F)c(-c3cccc(C(=O)NCc4cc(OC)ccc4OC)c3)cc12. The van der Waals surface area contributed by atoms with Crippen LogP contribution >= 0.6 is 0 Å². The molecular formula is C34H29F4N3O5. The molecule has 0 saturated heterocycles. The van der Waals surface area contributed by atoms with Gasteiger partial charge in [0.1, 0.15) is 23.1 Å². The molecule has 0 unspecified atom stereocenters. The van der Waals surface area contributed by atoms with Crippen LogP contribution < -0.4 is 20.1 Å². The highest BCUT2D eigenvalue weighted by atomic mass is 19.4. The summed E-state index contributed by atoms with van der Waals surface area (Å²) in [4.78, 5) is 30.7. The van der Waals surface area contributed by atoms with Crippen LogP contribution in [0.3, 0.4) is 0 Å². The van der Waals surface area contributed by atoms with Gasteiger partial charge in [0, 0.05) is 42.3 Å². The van der Waals surface area contributed by atoms with Crippen molar-refractivity contribution >= 4 is 22.9 Å². The van der Waals surface area contributed by atoms with Crippen LogP contribution in [0.1, 0.15) is 38.4 Å². The number of hydrogen-bond acceptors (Lipinski definition) is 6. The third-order valence-electron chi connectivity index (χ3n) is 7.33. The van der Waals surface area contributed by atoms with Crippen molar-refractivity contribution in [3.8, 4) is 33.9 Å². The van der Waals surface area contributed by atoms with Crippen molar-refractivity contribution in [1.29, 1.82) is 0 Å². The number of nitrogens with zero attached hydrogens (tertiary/aromatic N) is 1. The maximum Gasteiger partial charge on any atom is 0.389 e. The van der Waals surface area contributed by atoms with Crippen molar-refractivity contribution in [2.24, 2.45) is 0 Å². The Morgan fingerprint density at radius 2 is 1.67 bits per heavy atom. The maximum atomic E-state index is 13.6. The van der Waals surface area contributed by atoms with E-state index in [1.807, 2.05) is 0 Å². The molecule has 3 aromatic carbocycles. The van der Waals surface area contributed by atoms with Crippen molar-refractivity contribution in [1.82, 2.24) is 15.6 Å². The highest BCUT2D eigenvalue weighted by Crippen LogP contribution is 2.37. The fourth-order valence-corrected chi connectivity index (χ4v) is 5.04. The van der Waals surface area contributed by atoms with E-state index in [4.69, 9.17) is 13.9 Å². The summed E-state index contributed by atoms with van der Waals surface area (Å²) in [6.45, 7) is 0.116. The molecule has 2 amide bonds. The van der Waals surface area contributed by atoms with Crippen molar-refractivity contribution < 1.29 is 41.0 Å². The number of carbonyl (C=O) groups is 2. The number of nitrogens with one attached hydrogen (secondary N) is 2. The summed E-state index contributed by atoms with van der Waals surface area (Å²) in [7, 11) is 4.45. The van der Waals surface area contributed by atoms with Crippen LogP contribution in [-0.2, 0) is 13.0 Å². The van der Waals surface area contributed by atoms with Gasteiger partial charge in [0.25, 0.3) is 11.8 Å². The van der Waals surface area contributed by atoms with E-state index in [2.05, 4.69) is 15.6 Å². The van der Waals surface area contributed by atoms with Gasteiger partial charge in [-0.25, -0.2) is 9.37 Å². The summed E-state index contributed by atoms with van der Waals surface area (Å²) in [6, 6.07) is 18.3. The first-order valence-electron chi connectivity index (χ1n) is 14.1. The average molecular weight is 636 g/mol. The maximum absolute atomic E-state index is 13.6. The fraction of sp³-hybridized carbons (Fsp3) is 0.206. The molecule has 12 heteroatoms. The molecule has 46 heavy (non-hydrogen) atoms. The Kier molecular flexibility index (Phi) is 9.26. The lowest BCUT2D eigenvalue weighted by molar-refractivity contribution is -0.134. The van der Waals surface area contributed by atoms with E-state index in [1.54, 1.807) is 42.5 Å². The van der Waals surface area contributed by atoms with Crippen LogP contribution in [0.4, 0.5) is 17.6 Å². The average Bonchev–Trinajstić information content (AvgIpc) is 3.43. The highest BCUT2D eigenvalue weighted by molar-refractivity contribution is 6.11. The van der Waals surface area contributed by atoms with E-state index in [9.17, 15) is 27.2 Å². The second-order valence-corrected chi connectivity index (χ2v) is 10.3. The Hall–Kier alpha value is -5.39. The first kappa shape index (κ1) is 32.0. The third-order valence-corrected chi connectivity index (χ3v) is 7.33. The Labute approximate surface area is 261 Å². The summed E-state index contributed by atoms with van der Waals surface area (Å²) in [5, 5.41) is 5.62. The van der Waals surface area contributed by atoms with Gasteiger partial charge in [-0.05, 0) is 72.6 Å². The van der Waals surface area contributed by atoms with Gasteiger partial charge in [-0.15, -0.1) is 0 Å². The Morgan fingerprint density at radius 1 is 0.913 bits per heavy atom. The van der Waals surface area contributed by atoms with E-state index in [1.165, 1.54) is 51.6 Å². The van der Waals surface area contributed by atoms with Gasteiger partial charge in [0.2, 0.25) is 5.71 Å². The molecule has 2 heterocycles. The monoisotopic (exact) mass is 635 g/mol. The number of aryl methyl sites for hydroxylation is 1. The summed E-state index contributed by atoms with van der Waals surface area (Å²) in [5.74, 6) is -0.250. The number of furan rings is 1. The Morgan fingerprint density at radius 3 is 2.35 bits per heavy atom. The molecular weight excluding hydrogens is 606 g/mol. The zero-order valence-electron chi connectivity index (χ0n) is 25.0. The van der Waals surface area contributed by atoms with E-state index in [0.717, 1.165) is 0 Å². The largest absolute Gasteiger partial charge is 0.497 e. The highest BCUT2D eigenvalue weighted by Gasteiger charge is 2.29. The van der Waals surface area contributed by atoms with Crippen LogP contribution in [0.5, 0.6) is 11.5 Å². The minimum Gasteiger partial charge on any atom is -0.497 e. The molecule has 0 bridgehead atoms. The predicted octanol–water partition coefficient (Wildman–Crippen LogP) is 7.10. The zero-order chi connectivity index (χ0) is 33.0. The molecule has 0 fully saturated rings. The number of ether oxygens (including phenoxy) is 2. The van der Waals surface area contributed by atoms with Crippen LogP contribution in [0.2, 0.25) is 0 Å². The number of pyridine rings is 1. The van der Waals surface area contributed by atoms with Crippen LogP contribution in [0, 0.1) is 5.82 Å². The van der Waals surface area contributed by atoms with Crippen LogP contribution in [0.15, 0.2) is 77.2 Å². The zero-order valence-corrected chi connectivity index (χ0v) is 25.0. The lowest BCUT2D eigenvalue weighted by atomic mass is 9.96. The Bertz CT molecular complexity index is 1900. The lowest BCUT2D eigenvalue weighted by Crippen LogP contribution is -2.23. The number of fused-ring (bicyclic) bond motifs is 1. The van der Waals surface area contributed by atoms with E-state index < -0.39 is 36.6 Å². The van der Waals surface area contributed by atoms with Gasteiger partial charge in [-0.1, -0.05) is 12.1 Å². The number of benzene rings is 3. The van der Waals surface area contributed by atoms with Crippen molar-refractivity contribution in [3.63, 3.8) is 0 Å². The fourth-order valence-electron chi connectivity index (χ4n) is 5.04. The molecule has 0 aliphatic heterocycles. The molecule has 5 rings (SSSR count). The van der Waals surface area contributed by atoms with Crippen molar-refractivity contribution in [3.05, 3.63) is 101 Å². The molecule has 0 spiro atoms. The molecule has 238 valence electrons. The molecule has 2 N–H and O–H groups in total. The normalized spacial score (nSPS) is 11.4. The summed E-state index contributed by atoms with van der Waals surface area (Å²) >= 11 is 0. The number of hydrogen-bond donors (Lipinski definition) is 2. The predicted molar refractivity (Wildman–Crippen MR) is 163 cm³/mol. The smallest absolute Gasteiger partial charge is 0.389 e. The number of halogens is 4. The number of aromatic nitrogens is 1. The van der Waals surface area contributed by atoms with Gasteiger partial charge >= 0.3 is 6.18 Å². The quantitative estimate of drug-likeness (QED) is 0.159. The third kappa shape index (κ3) is 6.96. The molecule has 0 atom stereocenters. The van der Waals surface area contributed by atoms with Crippen molar-refractivity contribution in [2.75, 3.05) is 21.3 Å². The molecule has 5 aromatic rings. The first-order valence-corrected chi connectivity index (χ1v) is 14.1. The molecule has 8 nitrogen and oxygen atoms in total. The van der Waals surface area contributed by atoms with Crippen LogP contribution in [-0.4, -0.2) is 44.2 Å². The number of alkyl halides is 3. The molecule has 0 saturated carbocycles. The van der Waals surface area contributed by atoms with E-state index >= 15 is 0 Å². The molecule has 2 aromatic heterocycles. The second-order valence-electron chi connectivity index (χ2n) is 10.3. The Balaban J connectivity index is 1.57. The standard InChI is InChI=1S/C34H29F4N3O5/c1-39-32(43)29-26-17-25(27(13-14-34(36,37)38)41-33(26)46-30(29)19-7-9-23(35)10-8-19)20-5-4-6-21(15-20)31(42)40-18-22-16-24(44-2)11-12-28(22)45-3/h4-12,15-17H,13-14,18H2,1-3H3,(H,39,43)(H,40,42). The van der Waals surface area contributed by atoms with Gasteiger partial charge < -0.3 is 24.5 Å². The first-order chi connectivity index (χ1) is 22.0. The summed E-state index contributed by atoms with van der Waals surface area (Å²) in [5.41, 5.74) is 2.08. The number of rotatable bonds is 10. The van der Waals surface area contributed by atoms with Gasteiger partial charge in [0.05, 0.1) is 30.9 Å². The van der Waals surface area contributed by atoms with Gasteiger partial charge in [-0.3, -0.25) is 9.59 Å². The second kappa shape index (κ2) is 13.3. The van der Waals surface area contributed by atoms with Gasteiger partial charge in [0.15, 0.2) is 0 Å². The molecule has 0 radical (unpaired) electrons. The summed E-state index contributed by atoms with van der Waals surface area (Å²) in [6.07, 6.45) is -6.11. The number of amides is 2. The molecule has 0 aliphatic rings. The topological polar surface area (TPSA) is 103 Å². The minimum atomic E-state index is -4.47. The van der Waals surface area contributed by atoms with Gasteiger partial charge in [-0.2, -0.15) is 13.2 Å². The lowest BCUT2D eigenvalue weighted by Gasteiger charge is -2.13. The van der Waals surface area contributed by atoms with E-state index in [-0.39, 0.29) is 45.8 Å². The van der Waals surface area contributed by atoms with Crippen molar-refractivity contribution in [2.45, 2.75) is 25.6 Å². The number of methoxy groups -OCH3 is 2.